The maximum Gasteiger partial charge on any atom is 0.214 e. The van der Waals surface area contributed by atoms with Crippen molar-refractivity contribution in [1.29, 1.82) is 0 Å². The number of hydrogen-bond acceptors (Lipinski definition) is 5. The van der Waals surface area contributed by atoms with E-state index in [-0.39, 0.29) is 0 Å². The van der Waals surface area contributed by atoms with Crippen molar-refractivity contribution in [3.63, 3.8) is 0 Å². The third-order valence-corrected chi connectivity index (χ3v) is 4.53. The van der Waals surface area contributed by atoms with Gasteiger partial charge < -0.3 is 14.9 Å². The van der Waals surface area contributed by atoms with Crippen molar-refractivity contribution < 1.29 is 9.47 Å². The summed E-state index contributed by atoms with van der Waals surface area (Å²) in [6, 6.07) is 3.95. The van der Waals surface area contributed by atoms with Crippen LogP contribution in [0.1, 0.15) is 45.0 Å². The first-order chi connectivity index (χ1) is 12.1. The molecule has 0 radical (unpaired) electrons. The molecule has 25 heavy (non-hydrogen) atoms. The number of nitrogens with one attached hydrogen (secondary N) is 2. The van der Waals surface area contributed by atoms with Crippen molar-refractivity contribution >= 4 is 28.1 Å². The Balaban J connectivity index is 2.20. The van der Waals surface area contributed by atoms with Crippen LogP contribution in [0.5, 0.6) is 11.5 Å². The van der Waals surface area contributed by atoms with Gasteiger partial charge in [-0.05, 0) is 49.7 Å². The van der Waals surface area contributed by atoms with Gasteiger partial charge in [0, 0.05) is 10.9 Å². The van der Waals surface area contributed by atoms with Crippen LogP contribution >= 0.6 is 28.1 Å². The summed E-state index contributed by atoms with van der Waals surface area (Å²) in [6.45, 7) is 7.99. The number of benzene rings is 1. The maximum atomic E-state index is 5.78. The van der Waals surface area contributed by atoms with Crippen LogP contribution in [0.3, 0.4) is 0 Å². The van der Waals surface area contributed by atoms with E-state index in [1.54, 1.807) is 0 Å². The molecule has 1 aromatic carbocycles. The van der Waals surface area contributed by atoms with Crippen LogP contribution in [0.2, 0.25) is 0 Å². The lowest BCUT2D eigenvalue weighted by molar-refractivity contribution is 0.276. The van der Waals surface area contributed by atoms with E-state index in [1.165, 1.54) is 0 Å². The number of H-pyrrole nitrogens is 1. The maximum absolute atomic E-state index is 5.78. The van der Waals surface area contributed by atoms with Crippen LogP contribution in [0, 0.1) is 4.77 Å². The van der Waals surface area contributed by atoms with Gasteiger partial charge in [0.1, 0.15) is 0 Å². The molecule has 8 heteroatoms. The van der Waals surface area contributed by atoms with E-state index in [0.29, 0.717) is 24.5 Å². The molecule has 0 unspecified atom stereocenters. The summed E-state index contributed by atoms with van der Waals surface area (Å²) in [7, 11) is 0. The molecule has 2 aromatic rings. The molecule has 2 N–H and O–H groups in total. The number of rotatable bonds is 10. The predicted octanol–water partition coefficient (Wildman–Crippen LogP) is 4.59. The lowest BCUT2D eigenvalue weighted by atomic mass is 10.2. The van der Waals surface area contributed by atoms with Crippen molar-refractivity contribution in [2.24, 2.45) is 0 Å². The standard InChI is InChI=1S/C17H25BrN4O2S/c1-4-7-16-20-21-17(25)22(16)19-11-12-9-14(23-6-3)15(10-13(12)18)24-8-5-2/h9-10,19H,4-8,11H2,1-3H3,(H,21,25). The first-order valence-electron chi connectivity index (χ1n) is 8.58. The first-order valence-corrected chi connectivity index (χ1v) is 9.78. The zero-order valence-electron chi connectivity index (χ0n) is 14.9. The molecule has 6 nitrogen and oxygen atoms in total. The zero-order chi connectivity index (χ0) is 18.2. The Morgan fingerprint density at radius 3 is 2.64 bits per heavy atom. The van der Waals surface area contributed by atoms with Crippen LogP contribution in [-0.2, 0) is 13.0 Å². The molecule has 0 aliphatic rings. The highest BCUT2D eigenvalue weighted by Gasteiger charge is 2.12. The molecule has 1 heterocycles. The fourth-order valence-corrected chi connectivity index (χ4v) is 3.03. The molecule has 0 fully saturated rings. The van der Waals surface area contributed by atoms with Gasteiger partial charge in [0.15, 0.2) is 17.3 Å². The van der Waals surface area contributed by atoms with Gasteiger partial charge in [0.2, 0.25) is 4.77 Å². The Bertz CT molecular complexity index is 745. The summed E-state index contributed by atoms with van der Waals surface area (Å²) < 4.78 is 14.9. The van der Waals surface area contributed by atoms with Crippen molar-refractivity contribution in [1.82, 2.24) is 14.9 Å². The van der Waals surface area contributed by atoms with Crippen molar-refractivity contribution in [2.75, 3.05) is 18.6 Å². The summed E-state index contributed by atoms with van der Waals surface area (Å²) in [4.78, 5) is 0. The summed E-state index contributed by atoms with van der Waals surface area (Å²) in [5.74, 6) is 2.41. The van der Waals surface area contributed by atoms with Gasteiger partial charge in [-0.25, -0.2) is 4.68 Å². The number of aromatic amines is 1. The van der Waals surface area contributed by atoms with Gasteiger partial charge in [0.25, 0.3) is 0 Å². The van der Waals surface area contributed by atoms with Crippen molar-refractivity contribution in [3.05, 3.63) is 32.8 Å². The molecule has 0 aliphatic heterocycles. The van der Waals surface area contributed by atoms with E-state index < -0.39 is 0 Å². The molecule has 0 bridgehead atoms. The molecular formula is C17H25BrN4O2S. The fourth-order valence-electron chi connectivity index (χ4n) is 2.35. The quantitative estimate of drug-likeness (QED) is 0.541. The summed E-state index contributed by atoms with van der Waals surface area (Å²) >= 11 is 8.92. The average molecular weight is 429 g/mol. The Morgan fingerprint density at radius 2 is 1.96 bits per heavy atom. The van der Waals surface area contributed by atoms with Gasteiger partial charge >= 0.3 is 0 Å². The normalized spacial score (nSPS) is 10.7. The highest BCUT2D eigenvalue weighted by Crippen LogP contribution is 2.34. The minimum Gasteiger partial charge on any atom is -0.490 e. The molecule has 0 saturated heterocycles. The van der Waals surface area contributed by atoms with Gasteiger partial charge in [0.05, 0.1) is 19.8 Å². The van der Waals surface area contributed by atoms with Gasteiger partial charge in [-0.2, -0.15) is 5.10 Å². The Morgan fingerprint density at radius 1 is 1.20 bits per heavy atom. The molecule has 0 spiro atoms. The third kappa shape index (κ3) is 5.22. The number of aromatic nitrogens is 3. The van der Waals surface area contributed by atoms with Gasteiger partial charge in [-0.15, -0.1) is 0 Å². The Hall–Kier alpha value is -1.54. The van der Waals surface area contributed by atoms with Crippen LogP contribution < -0.4 is 14.9 Å². The summed E-state index contributed by atoms with van der Waals surface area (Å²) in [6.07, 6.45) is 2.81. The predicted molar refractivity (Wildman–Crippen MR) is 106 cm³/mol. The van der Waals surface area contributed by atoms with Crippen molar-refractivity contribution in [3.8, 4) is 11.5 Å². The van der Waals surface area contributed by atoms with Gasteiger partial charge in [-0.3, -0.25) is 5.10 Å². The Labute approximate surface area is 162 Å². The Kier molecular flexibility index (Phi) is 7.77. The second kappa shape index (κ2) is 9.82. The van der Waals surface area contributed by atoms with E-state index >= 15 is 0 Å². The van der Waals surface area contributed by atoms with E-state index in [0.717, 1.165) is 46.6 Å². The molecular weight excluding hydrogens is 404 g/mol. The summed E-state index contributed by atoms with van der Waals surface area (Å²) in [5, 5.41) is 7.10. The first kappa shape index (κ1) is 19.8. The number of nitrogens with zero attached hydrogens (tertiary/aromatic N) is 2. The monoisotopic (exact) mass is 428 g/mol. The smallest absolute Gasteiger partial charge is 0.214 e. The number of halogens is 1. The SMILES string of the molecule is CCCOc1cc(Br)c(CNn2c(CCC)n[nH]c2=S)cc1OCC. The van der Waals surface area contributed by atoms with Crippen LogP contribution in [0.4, 0.5) is 0 Å². The molecule has 138 valence electrons. The number of aryl methyl sites for hydroxylation is 1. The number of ether oxygens (including phenoxy) is 2. The molecule has 0 atom stereocenters. The molecule has 0 amide bonds. The number of hydrogen-bond donors (Lipinski definition) is 2. The van der Waals surface area contributed by atoms with Crippen LogP contribution in [0.15, 0.2) is 16.6 Å². The molecule has 2 rings (SSSR count). The second-order valence-corrected chi connectivity index (χ2v) is 6.78. The highest BCUT2D eigenvalue weighted by molar-refractivity contribution is 9.10. The lowest BCUT2D eigenvalue weighted by Crippen LogP contribution is -2.18. The average Bonchev–Trinajstić information content (AvgIpc) is 2.94. The van der Waals surface area contributed by atoms with E-state index in [4.69, 9.17) is 21.7 Å². The third-order valence-electron chi connectivity index (χ3n) is 3.52. The second-order valence-electron chi connectivity index (χ2n) is 5.54. The molecule has 1 aromatic heterocycles. The van der Waals surface area contributed by atoms with Crippen LogP contribution in [0.25, 0.3) is 0 Å². The minimum absolute atomic E-state index is 0.563. The lowest BCUT2D eigenvalue weighted by Gasteiger charge is -2.16. The minimum atomic E-state index is 0.563. The topological polar surface area (TPSA) is 64.1 Å². The summed E-state index contributed by atoms with van der Waals surface area (Å²) in [5.41, 5.74) is 4.38. The van der Waals surface area contributed by atoms with Crippen molar-refractivity contribution in [2.45, 2.75) is 46.6 Å². The van der Waals surface area contributed by atoms with Crippen LogP contribution in [-0.4, -0.2) is 28.1 Å². The van der Waals surface area contributed by atoms with Gasteiger partial charge in [-0.1, -0.05) is 29.8 Å². The van der Waals surface area contributed by atoms with E-state index in [9.17, 15) is 0 Å². The highest BCUT2D eigenvalue weighted by atomic mass is 79.9. The van der Waals surface area contributed by atoms with E-state index in [1.807, 2.05) is 23.7 Å². The molecule has 0 saturated carbocycles. The molecule has 0 aliphatic carbocycles. The fraction of sp³-hybridized carbons (Fsp3) is 0.529. The van der Waals surface area contributed by atoms with E-state index in [2.05, 4.69) is 45.4 Å². The zero-order valence-corrected chi connectivity index (χ0v) is 17.3. The largest absolute Gasteiger partial charge is 0.490 e.